The van der Waals surface area contributed by atoms with Crippen molar-refractivity contribution in [3.05, 3.63) is 40.9 Å². The van der Waals surface area contributed by atoms with Gasteiger partial charge in [0.2, 0.25) is 0 Å². The highest BCUT2D eigenvalue weighted by Crippen LogP contribution is 2.14. The molecular formula is C15H23ClN6. The summed E-state index contributed by atoms with van der Waals surface area (Å²) in [6.07, 6.45) is 5.79. The third kappa shape index (κ3) is 4.27. The predicted octanol–water partition coefficient (Wildman–Crippen LogP) is 1.89. The van der Waals surface area contributed by atoms with E-state index in [-0.39, 0.29) is 0 Å². The molecule has 0 saturated heterocycles. The van der Waals surface area contributed by atoms with Crippen molar-refractivity contribution < 1.29 is 0 Å². The Bertz CT molecular complexity index is 642. The third-order valence-corrected chi connectivity index (χ3v) is 3.64. The predicted molar refractivity (Wildman–Crippen MR) is 90.2 cm³/mol. The number of rotatable bonds is 5. The van der Waals surface area contributed by atoms with E-state index in [2.05, 4.69) is 20.3 Å². The molecule has 120 valence electrons. The molecule has 0 aliphatic rings. The van der Waals surface area contributed by atoms with Crippen LogP contribution in [0.2, 0.25) is 5.02 Å². The Labute approximate surface area is 136 Å². The van der Waals surface area contributed by atoms with E-state index in [0.29, 0.717) is 0 Å². The van der Waals surface area contributed by atoms with Crippen LogP contribution < -0.4 is 5.32 Å². The molecule has 2 aromatic rings. The van der Waals surface area contributed by atoms with Gasteiger partial charge >= 0.3 is 0 Å². The first-order valence-electron chi connectivity index (χ1n) is 7.21. The number of nitrogens with one attached hydrogen (secondary N) is 1. The molecule has 22 heavy (non-hydrogen) atoms. The summed E-state index contributed by atoms with van der Waals surface area (Å²) in [5.74, 6) is 0.848. The number of nitrogens with zero attached hydrogens (tertiary/aromatic N) is 5. The number of guanidine groups is 1. The van der Waals surface area contributed by atoms with E-state index in [1.54, 1.807) is 7.05 Å². The fourth-order valence-electron chi connectivity index (χ4n) is 2.30. The third-order valence-electron chi connectivity index (χ3n) is 3.43. The molecule has 0 aliphatic carbocycles. The number of hydrogen-bond donors (Lipinski definition) is 1. The summed E-state index contributed by atoms with van der Waals surface area (Å²) in [4.78, 5) is 6.39. The van der Waals surface area contributed by atoms with Crippen LogP contribution in [0.1, 0.15) is 11.3 Å². The smallest absolute Gasteiger partial charge is 0.193 e. The maximum atomic E-state index is 6.02. The first-order chi connectivity index (χ1) is 10.5. The van der Waals surface area contributed by atoms with Gasteiger partial charge in [0.15, 0.2) is 5.96 Å². The normalized spacial score (nSPS) is 11.8. The highest BCUT2D eigenvalue weighted by atomic mass is 35.5. The van der Waals surface area contributed by atoms with Gasteiger partial charge in [0, 0.05) is 45.8 Å². The quantitative estimate of drug-likeness (QED) is 0.675. The molecule has 0 amide bonds. The number of aromatic nitrogens is 3. The molecular weight excluding hydrogens is 300 g/mol. The second-order valence-corrected chi connectivity index (χ2v) is 5.81. The highest BCUT2D eigenvalue weighted by molar-refractivity contribution is 6.30. The van der Waals surface area contributed by atoms with Crippen LogP contribution in [0.15, 0.2) is 29.6 Å². The second-order valence-electron chi connectivity index (χ2n) is 5.37. The van der Waals surface area contributed by atoms with E-state index in [4.69, 9.17) is 11.6 Å². The van der Waals surface area contributed by atoms with Crippen LogP contribution in [0.3, 0.4) is 0 Å². The summed E-state index contributed by atoms with van der Waals surface area (Å²) < 4.78 is 3.95. The van der Waals surface area contributed by atoms with Gasteiger partial charge in [-0.3, -0.25) is 9.67 Å². The van der Waals surface area contributed by atoms with Gasteiger partial charge in [0.1, 0.15) is 0 Å². The van der Waals surface area contributed by atoms with Crippen LogP contribution >= 0.6 is 11.6 Å². The van der Waals surface area contributed by atoms with Crippen molar-refractivity contribution >= 4 is 17.6 Å². The summed E-state index contributed by atoms with van der Waals surface area (Å²) in [6.45, 7) is 4.35. The topological polar surface area (TPSA) is 50.4 Å². The molecule has 7 heteroatoms. The monoisotopic (exact) mass is 322 g/mol. The van der Waals surface area contributed by atoms with Crippen LogP contribution in [0.25, 0.3) is 0 Å². The average Bonchev–Trinajstić information content (AvgIpc) is 3.01. The minimum atomic E-state index is 0.740. The van der Waals surface area contributed by atoms with Crippen molar-refractivity contribution in [1.29, 1.82) is 0 Å². The number of halogens is 1. The Balaban J connectivity index is 1.86. The SMILES string of the molecule is CN=C(NCCn1cc(C)cn1)N(C)Cc1cc(Cl)cn1C. The van der Waals surface area contributed by atoms with Gasteiger partial charge in [-0.2, -0.15) is 5.10 Å². The number of aliphatic imine (C=N–C) groups is 1. The van der Waals surface area contributed by atoms with Crippen LogP contribution in [-0.2, 0) is 20.1 Å². The van der Waals surface area contributed by atoms with Crippen LogP contribution in [-0.4, -0.2) is 45.8 Å². The zero-order chi connectivity index (χ0) is 16.1. The van der Waals surface area contributed by atoms with Gasteiger partial charge in [-0.15, -0.1) is 0 Å². The molecule has 0 unspecified atom stereocenters. The molecule has 6 nitrogen and oxygen atoms in total. The molecule has 0 aromatic carbocycles. The first kappa shape index (κ1) is 16.4. The van der Waals surface area contributed by atoms with Gasteiger partial charge < -0.3 is 14.8 Å². The molecule has 2 heterocycles. The molecule has 0 atom stereocenters. The lowest BCUT2D eigenvalue weighted by molar-refractivity contribution is 0.457. The van der Waals surface area contributed by atoms with Gasteiger partial charge in [0.25, 0.3) is 0 Å². The van der Waals surface area contributed by atoms with Gasteiger partial charge in [-0.25, -0.2) is 0 Å². The van der Waals surface area contributed by atoms with E-state index < -0.39 is 0 Å². The summed E-state index contributed by atoms with van der Waals surface area (Å²) in [7, 11) is 5.79. The molecule has 0 saturated carbocycles. The zero-order valence-corrected chi connectivity index (χ0v) is 14.3. The number of hydrogen-bond acceptors (Lipinski definition) is 2. The van der Waals surface area contributed by atoms with E-state index in [1.165, 1.54) is 5.56 Å². The zero-order valence-electron chi connectivity index (χ0n) is 13.5. The lowest BCUT2D eigenvalue weighted by Gasteiger charge is -2.22. The highest BCUT2D eigenvalue weighted by Gasteiger charge is 2.09. The Hall–Kier alpha value is -1.95. The fourth-order valence-corrected chi connectivity index (χ4v) is 2.57. The maximum Gasteiger partial charge on any atom is 0.193 e. The average molecular weight is 323 g/mol. The van der Waals surface area contributed by atoms with Crippen molar-refractivity contribution in [2.75, 3.05) is 20.6 Å². The van der Waals surface area contributed by atoms with E-state index in [9.17, 15) is 0 Å². The lowest BCUT2D eigenvalue weighted by Crippen LogP contribution is -2.40. The minimum Gasteiger partial charge on any atom is -0.354 e. The minimum absolute atomic E-state index is 0.740. The molecule has 2 aromatic heterocycles. The summed E-state index contributed by atoms with van der Waals surface area (Å²) >= 11 is 6.02. The largest absolute Gasteiger partial charge is 0.354 e. The maximum absolute atomic E-state index is 6.02. The Morgan fingerprint density at radius 1 is 1.45 bits per heavy atom. The van der Waals surface area contributed by atoms with Crippen LogP contribution in [0, 0.1) is 6.92 Å². The molecule has 2 rings (SSSR count). The van der Waals surface area contributed by atoms with Crippen LogP contribution in [0.4, 0.5) is 0 Å². The van der Waals surface area contributed by atoms with Crippen molar-refractivity contribution in [2.45, 2.75) is 20.0 Å². The fraction of sp³-hybridized carbons (Fsp3) is 0.467. The van der Waals surface area contributed by atoms with Gasteiger partial charge in [-0.1, -0.05) is 11.6 Å². The molecule has 0 radical (unpaired) electrons. The van der Waals surface area contributed by atoms with Gasteiger partial charge in [-0.05, 0) is 18.6 Å². The molecule has 0 aliphatic heterocycles. The van der Waals surface area contributed by atoms with Crippen molar-refractivity contribution in [3.63, 3.8) is 0 Å². The Morgan fingerprint density at radius 3 is 2.77 bits per heavy atom. The van der Waals surface area contributed by atoms with E-state index in [1.807, 2.05) is 54.9 Å². The standard InChI is InChI=1S/C15H23ClN6/c1-12-8-19-22(9-12)6-5-18-15(17-2)21(4)11-14-7-13(16)10-20(14)3/h7-10H,5-6,11H2,1-4H3,(H,17,18). The molecule has 1 N–H and O–H groups in total. The van der Waals surface area contributed by atoms with Gasteiger partial charge in [0.05, 0.1) is 24.3 Å². The van der Waals surface area contributed by atoms with Crippen molar-refractivity contribution in [2.24, 2.45) is 12.0 Å². The molecule has 0 fully saturated rings. The summed E-state index contributed by atoms with van der Waals surface area (Å²) in [5, 5.41) is 8.37. The summed E-state index contributed by atoms with van der Waals surface area (Å²) in [5.41, 5.74) is 2.31. The second kappa shape index (κ2) is 7.35. The molecule has 0 spiro atoms. The first-order valence-corrected chi connectivity index (χ1v) is 7.59. The van der Waals surface area contributed by atoms with Crippen LogP contribution in [0.5, 0.6) is 0 Å². The number of aryl methyl sites for hydroxylation is 2. The van der Waals surface area contributed by atoms with Crippen molar-refractivity contribution in [3.8, 4) is 0 Å². The van der Waals surface area contributed by atoms with E-state index >= 15 is 0 Å². The Kier molecular flexibility index (Phi) is 5.49. The Morgan fingerprint density at radius 2 is 2.23 bits per heavy atom. The lowest BCUT2D eigenvalue weighted by atomic mass is 10.4. The van der Waals surface area contributed by atoms with Crippen molar-refractivity contribution in [1.82, 2.24) is 24.6 Å². The molecule has 0 bridgehead atoms. The summed E-state index contributed by atoms with van der Waals surface area (Å²) in [6, 6.07) is 1.97. The van der Waals surface area contributed by atoms with E-state index in [0.717, 1.165) is 36.3 Å².